The number of carbonyl (C=O) groups is 1. The average molecular weight is 416 g/mol. The van der Waals surface area contributed by atoms with Gasteiger partial charge in [0.05, 0.1) is 11.9 Å². The second kappa shape index (κ2) is 9.12. The van der Waals surface area contributed by atoms with Gasteiger partial charge >= 0.3 is 0 Å². The molecule has 1 N–H and O–H groups in total. The molecule has 0 aliphatic carbocycles. The van der Waals surface area contributed by atoms with Crippen molar-refractivity contribution in [2.24, 2.45) is 0 Å². The standard InChI is InChI=1S/C20H21N5OS.ClH/c1-2-15-13-22-20(27-15)16-6-5-7-18(23-16)24-17-10-9-14(12-21-17)25-11-4-3-8-19(25)26;/h5-7,9-10,12-13H,2-4,8,11H2,1H3,(H,21,23,24);1H. The maximum absolute atomic E-state index is 12.0. The van der Waals surface area contributed by atoms with Crippen molar-refractivity contribution < 1.29 is 4.79 Å². The van der Waals surface area contributed by atoms with Gasteiger partial charge in [0.1, 0.15) is 22.3 Å². The van der Waals surface area contributed by atoms with Gasteiger partial charge in [-0.1, -0.05) is 13.0 Å². The highest BCUT2D eigenvalue weighted by Crippen LogP contribution is 2.26. The lowest BCUT2D eigenvalue weighted by Gasteiger charge is -2.26. The quantitative estimate of drug-likeness (QED) is 0.645. The van der Waals surface area contributed by atoms with Crippen LogP contribution in [0.1, 0.15) is 31.1 Å². The third kappa shape index (κ3) is 4.48. The lowest BCUT2D eigenvalue weighted by molar-refractivity contribution is -0.119. The molecule has 3 aromatic heterocycles. The first kappa shape index (κ1) is 20.2. The van der Waals surface area contributed by atoms with Crippen LogP contribution in [-0.2, 0) is 11.2 Å². The minimum absolute atomic E-state index is 0. The van der Waals surface area contributed by atoms with Crippen LogP contribution in [-0.4, -0.2) is 27.4 Å². The van der Waals surface area contributed by atoms with E-state index >= 15 is 0 Å². The van der Waals surface area contributed by atoms with Crippen LogP contribution in [0.2, 0.25) is 0 Å². The van der Waals surface area contributed by atoms with Crippen LogP contribution in [0.4, 0.5) is 17.3 Å². The number of nitrogens with zero attached hydrogens (tertiary/aromatic N) is 4. The molecular formula is C20H22ClN5OS. The lowest BCUT2D eigenvalue weighted by Crippen LogP contribution is -2.35. The molecule has 0 aromatic carbocycles. The van der Waals surface area contributed by atoms with Crippen LogP contribution in [0.5, 0.6) is 0 Å². The van der Waals surface area contributed by atoms with Crippen molar-refractivity contribution in [2.45, 2.75) is 32.6 Å². The van der Waals surface area contributed by atoms with E-state index in [4.69, 9.17) is 0 Å². The van der Waals surface area contributed by atoms with Gasteiger partial charge in [0.2, 0.25) is 5.91 Å². The predicted molar refractivity (Wildman–Crippen MR) is 116 cm³/mol. The summed E-state index contributed by atoms with van der Waals surface area (Å²) in [5, 5.41) is 4.15. The Morgan fingerprint density at radius 1 is 1.11 bits per heavy atom. The zero-order chi connectivity index (χ0) is 18.6. The van der Waals surface area contributed by atoms with Crippen LogP contribution in [0.25, 0.3) is 10.7 Å². The highest BCUT2D eigenvalue weighted by atomic mass is 35.5. The highest BCUT2D eigenvalue weighted by molar-refractivity contribution is 7.15. The van der Waals surface area contributed by atoms with Crippen molar-refractivity contribution in [3.8, 4) is 10.7 Å². The molecule has 0 unspecified atom stereocenters. The predicted octanol–water partition coefficient (Wildman–Crippen LogP) is 4.84. The molecule has 0 bridgehead atoms. The molecule has 1 amide bonds. The number of aryl methyl sites for hydroxylation is 1. The van der Waals surface area contributed by atoms with Gasteiger partial charge in [0, 0.05) is 24.0 Å². The number of aromatic nitrogens is 3. The van der Waals surface area contributed by atoms with Crippen molar-refractivity contribution in [1.29, 1.82) is 0 Å². The molecule has 28 heavy (non-hydrogen) atoms. The maximum Gasteiger partial charge on any atom is 0.227 e. The van der Waals surface area contributed by atoms with E-state index in [-0.39, 0.29) is 18.3 Å². The molecule has 1 fully saturated rings. The van der Waals surface area contributed by atoms with Crippen LogP contribution in [0.3, 0.4) is 0 Å². The van der Waals surface area contributed by atoms with Crippen molar-refractivity contribution >= 4 is 47.0 Å². The van der Waals surface area contributed by atoms with E-state index < -0.39 is 0 Å². The number of thiazole rings is 1. The van der Waals surface area contributed by atoms with Gasteiger partial charge in [-0.25, -0.2) is 15.0 Å². The molecule has 3 aromatic rings. The Morgan fingerprint density at radius 3 is 2.71 bits per heavy atom. The van der Waals surface area contributed by atoms with Gasteiger partial charge < -0.3 is 10.2 Å². The van der Waals surface area contributed by atoms with Gasteiger partial charge in [-0.05, 0) is 43.5 Å². The number of halogens is 1. The van der Waals surface area contributed by atoms with Crippen LogP contribution in [0.15, 0.2) is 42.7 Å². The summed E-state index contributed by atoms with van der Waals surface area (Å²) in [6.07, 6.45) is 7.26. The molecule has 1 aliphatic heterocycles. The topological polar surface area (TPSA) is 71.0 Å². The van der Waals surface area contributed by atoms with Gasteiger partial charge in [-0.3, -0.25) is 4.79 Å². The van der Waals surface area contributed by atoms with Crippen molar-refractivity contribution in [1.82, 2.24) is 15.0 Å². The summed E-state index contributed by atoms with van der Waals surface area (Å²) in [6.45, 7) is 2.89. The second-order valence-corrected chi connectivity index (χ2v) is 7.54. The summed E-state index contributed by atoms with van der Waals surface area (Å²) in [4.78, 5) is 28.6. The molecule has 0 spiro atoms. The normalized spacial score (nSPS) is 13.9. The molecule has 146 valence electrons. The Labute approximate surface area is 174 Å². The van der Waals surface area contributed by atoms with Gasteiger partial charge in [0.15, 0.2) is 0 Å². The average Bonchev–Trinajstić information content (AvgIpc) is 3.19. The summed E-state index contributed by atoms with van der Waals surface area (Å²) >= 11 is 1.66. The summed E-state index contributed by atoms with van der Waals surface area (Å²) < 4.78 is 0. The van der Waals surface area contributed by atoms with Crippen LogP contribution in [0, 0.1) is 0 Å². The van der Waals surface area contributed by atoms with Crippen LogP contribution < -0.4 is 10.2 Å². The van der Waals surface area contributed by atoms with E-state index in [0.717, 1.165) is 48.0 Å². The Balaban J connectivity index is 0.00000225. The smallest absolute Gasteiger partial charge is 0.227 e. The Morgan fingerprint density at radius 2 is 2.00 bits per heavy atom. The van der Waals surface area contributed by atoms with Gasteiger partial charge in [-0.15, -0.1) is 23.7 Å². The minimum atomic E-state index is 0. The third-order valence-electron chi connectivity index (χ3n) is 4.51. The molecule has 1 aliphatic rings. The highest BCUT2D eigenvalue weighted by Gasteiger charge is 2.19. The number of amides is 1. The number of carbonyl (C=O) groups excluding carboxylic acids is 1. The number of piperidine rings is 1. The molecular weight excluding hydrogens is 394 g/mol. The number of hydrogen-bond donors (Lipinski definition) is 1. The Hall–Kier alpha value is -2.51. The molecule has 1 saturated heterocycles. The molecule has 4 rings (SSSR count). The van der Waals surface area contributed by atoms with E-state index in [0.29, 0.717) is 12.2 Å². The van der Waals surface area contributed by atoms with Gasteiger partial charge in [-0.2, -0.15) is 0 Å². The fourth-order valence-electron chi connectivity index (χ4n) is 3.04. The van der Waals surface area contributed by atoms with E-state index in [1.165, 1.54) is 4.88 Å². The second-order valence-electron chi connectivity index (χ2n) is 6.42. The van der Waals surface area contributed by atoms with Crippen molar-refractivity contribution in [3.63, 3.8) is 0 Å². The minimum Gasteiger partial charge on any atom is -0.325 e. The monoisotopic (exact) mass is 415 g/mol. The molecule has 0 radical (unpaired) electrons. The number of nitrogens with one attached hydrogen (secondary N) is 1. The molecule has 6 nitrogen and oxygen atoms in total. The van der Waals surface area contributed by atoms with Crippen LogP contribution >= 0.6 is 23.7 Å². The first-order valence-corrected chi connectivity index (χ1v) is 10.00. The number of hydrogen-bond acceptors (Lipinski definition) is 6. The first-order valence-electron chi connectivity index (χ1n) is 9.18. The number of anilines is 3. The third-order valence-corrected chi connectivity index (χ3v) is 5.67. The molecule has 0 saturated carbocycles. The number of pyridine rings is 2. The zero-order valence-corrected chi connectivity index (χ0v) is 17.2. The van der Waals surface area contributed by atoms with E-state index in [2.05, 4.69) is 27.2 Å². The fraction of sp³-hybridized carbons (Fsp3) is 0.300. The summed E-state index contributed by atoms with van der Waals surface area (Å²) in [6, 6.07) is 9.63. The fourth-order valence-corrected chi connectivity index (χ4v) is 3.86. The van der Waals surface area contributed by atoms with Gasteiger partial charge in [0.25, 0.3) is 0 Å². The maximum atomic E-state index is 12.0. The zero-order valence-electron chi connectivity index (χ0n) is 15.6. The summed E-state index contributed by atoms with van der Waals surface area (Å²) in [5.41, 5.74) is 1.70. The van der Waals surface area contributed by atoms with E-state index in [1.54, 1.807) is 17.5 Å². The SMILES string of the molecule is CCc1cnc(-c2cccc(Nc3ccc(N4CCCCC4=O)cn3)n2)s1.Cl. The van der Waals surface area contributed by atoms with Crippen molar-refractivity contribution in [3.05, 3.63) is 47.6 Å². The first-order chi connectivity index (χ1) is 13.2. The lowest BCUT2D eigenvalue weighted by atomic mass is 10.1. The largest absolute Gasteiger partial charge is 0.325 e. The summed E-state index contributed by atoms with van der Waals surface area (Å²) in [5.74, 6) is 1.59. The number of rotatable bonds is 5. The van der Waals surface area contributed by atoms with Crippen molar-refractivity contribution in [2.75, 3.05) is 16.8 Å². The molecule has 8 heteroatoms. The van der Waals surface area contributed by atoms with E-state index in [1.807, 2.05) is 41.4 Å². The van der Waals surface area contributed by atoms with E-state index in [9.17, 15) is 4.79 Å². The Bertz CT molecular complexity index is 944. The molecule has 0 atom stereocenters. The Kier molecular flexibility index (Phi) is 6.59. The summed E-state index contributed by atoms with van der Waals surface area (Å²) in [7, 11) is 0. The molecule has 4 heterocycles.